The molecule has 1 aliphatic heterocycles. The van der Waals surface area contributed by atoms with Gasteiger partial charge in [-0.25, -0.2) is 0 Å². The Bertz CT molecular complexity index is 540. The molecule has 1 atom stereocenters. The molecule has 4 nitrogen and oxygen atoms in total. The van der Waals surface area contributed by atoms with Crippen molar-refractivity contribution in [3.8, 4) is 0 Å². The van der Waals surface area contributed by atoms with Crippen molar-refractivity contribution in [3.63, 3.8) is 0 Å². The van der Waals surface area contributed by atoms with E-state index in [2.05, 4.69) is 5.32 Å². The molecule has 1 amide bonds. The van der Waals surface area contributed by atoms with Gasteiger partial charge in [0.25, 0.3) is 0 Å². The maximum atomic E-state index is 12.2. The molecule has 1 aliphatic rings. The van der Waals surface area contributed by atoms with Crippen LogP contribution in [0.5, 0.6) is 0 Å². The number of amides is 1. The van der Waals surface area contributed by atoms with Gasteiger partial charge in [0.05, 0.1) is 0 Å². The Morgan fingerprint density at radius 3 is 2.67 bits per heavy atom. The van der Waals surface area contributed by atoms with E-state index in [1.807, 2.05) is 43.9 Å². The number of carbonyl (C=O) groups is 2. The van der Waals surface area contributed by atoms with E-state index in [0.717, 1.165) is 25.2 Å². The van der Waals surface area contributed by atoms with Gasteiger partial charge in [-0.1, -0.05) is 12.1 Å². The summed E-state index contributed by atoms with van der Waals surface area (Å²) in [5.74, 6) is 0.135. The molecule has 2 rings (SSSR count). The third kappa shape index (κ3) is 3.91. The van der Waals surface area contributed by atoms with Gasteiger partial charge in [0, 0.05) is 44.1 Å². The first-order valence-electron chi connectivity index (χ1n) is 7.59. The van der Waals surface area contributed by atoms with Crippen molar-refractivity contribution in [1.29, 1.82) is 0 Å². The molecule has 4 heteroatoms. The van der Waals surface area contributed by atoms with Crippen LogP contribution in [0.2, 0.25) is 0 Å². The van der Waals surface area contributed by atoms with Crippen LogP contribution in [0, 0.1) is 13.8 Å². The average Bonchev–Trinajstić information content (AvgIpc) is 2.47. The van der Waals surface area contributed by atoms with E-state index in [1.54, 1.807) is 0 Å². The molecule has 0 aromatic heterocycles. The van der Waals surface area contributed by atoms with Crippen LogP contribution in [0.25, 0.3) is 0 Å². The number of rotatable bonds is 4. The summed E-state index contributed by atoms with van der Waals surface area (Å²) in [5, 5.41) is 3.26. The lowest BCUT2D eigenvalue weighted by Crippen LogP contribution is -2.52. The predicted octanol–water partition coefficient (Wildman–Crippen LogP) is 2.09. The summed E-state index contributed by atoms with van der Waals surface area (Å²) in [6, 6.07) is 5.93. The molecule has 1 heterocycles. The first-order chi connectivity index (χ1) is 9.99. The molecule has 1 N–H and O–H groups in total. The molecule has 0 aliphatic carbocycles. The van der Waals surface area contributed by atoms with Gasteiger partial charge in [-0.15, -0.1) is 0 Å². The van der Waals surface area contributed by atoms with E-state index in [-0.39, 0.29) is 24.2 Å². The van der Waals surface area contributed by atoms with E-state index in [0.29, 0.717) is 12.0 Å². The molecule has 1 saturated heterocycles. The fourth-order valence-electron chi connectivity index (χ4n) is 2.63. The molecule has 114 valence electrons. The van der Waals surface area contributed by atoms with E-state index in [9.17, 15) is 9.59 Å². The number of ketones is 1. The molecule has 21 heavy (non-hydrogen) atoms. The molecule has 0 radical (unpaired) electrons. The van der Waals surface area contributed by atoms with E-state index in [4.69, 9.17) is 0 Å². The van der Waals surface area contributed by atoms with E-state index in [1.165, 1.54) is 5.56 Å². The highest BCUT2D eigenvalue weighted by molar-refractivity contribution is 5.98. The number of hydrogen-bond donors (Lipinski definition) is 1. The molecule has 1 fully saturated rings. The van der Waals surface area contributed by atoms with Crippen LogP contribution in [0.1, 0.15) is 41.3 Å². The second-order valence-electron chi connectivity index (χ2n) is 5.86. The van der Waals surface area contributed by atoms with Gasteiger partial charge >= 0.3 is 0 Å². The Hall–Kier alpha value is -1.68. The van der Waals surface area contributed by atoms with Crippen LogP contribution in [-0.4, -0.2) is 42.3 Å². The van der Waals surface area contributed by atoms with Crippen molar-refractivity contribution in [2.24, 2.45) is 0 Å². The number of piperazine rings is 1. The van der Waals surface area contributed by atoms with Gasteiger partial charge in [0.15, 0.2) is 5.78 Å². The zero-order valence-electron chi connectivity index (χ0n) is 13.1. The summed E-state index contributed by atoms with van der Waals surface area (Å²) >= 11 is 0. The molecular formula is C17H24N2O2. The van der Waals surface area contributed by atoms with Gasteiger partial charge in [-0.05, 0) is 38.0 Å². The highest BCUT2D eigenvalue weighted by atomic mass is 16.2. The van der Waals surface area contributed by atoms with Crippen molar-refractivity contribution in [2.45, 2.75) is 39.7 Å². The number of aryl methyl sites for hydroxylation is 2. The minimum atomic E-state index is 0.0502. The smallest absolute Gasteiger partial charge is 0.223 e. The van der Waals surface area contributed by atoms with Gasteiger partial charge in [0.2, 0.25) is 5.91 Å². The van der Waals surface area contributed by atoms with Crippen LogP contribution in [-0.2, 0) is 4.79 Å². The monoisotopic (exact) mass is 288 g/mol. The summed E-state index contributed by atoms with van der Waals surface area (Å²) in [5.41, 5.74) is 3.00. The number of nitrogens with one attached hydrogen (secondary N) is 1. The SMILES string of the molecule is Cc1ccc(C(=O)CCC(=O)N2CCNC[C@@H]2C)cc1C. The van der Waals surface area contributed by atoms with Crippen molar-refractivity contribution in [3.05, 3.63) is 34.9 Å². The largest absolute Gasteiger partial charge is 0.337 e. The minimum Gasteiger partial charge on any atom is -0.337 e. The maximum Gasteiger partial charge on any atom is 0.223 e. The quantitative estimate of drug-likeness (QED) is 0.863. The number of benzene rings is 1. The summed E-state index contributed by atoms with van der Waals surface area (Å²) in [7, 11) is 0. The Morgan fingerprint density at radius 1 is 1.24 bits per heavy atom. The maximum absolute atomic E-state index is 12.2. The molecule has 1 aromatic rings. The van der Waals surface area contributed by atoms with Crippen LogP contribution in [0.3, 0.4) is 0 Å². The van der Waals surface area contributed by atoms with Crippen molar-refractivity contribution in [2.75, 3.05) is 19.6 Å². The molecule has 0 bridgehead atoms. The summed E-state index contributed by atoms with van der Waals surface area (Å²) in [6.07, 6.45) is 0.591. The van der Waals surface area contributed by atoms with Crippen LogP contribution >= 0.6 is 0 Å². The lowest BCUT2D eigenvalue weighted by Gasteiger charge is -2.34. The van der Waals surface area contributed by atoms with Crippen molar-refractivity contribution in [1.82, 2.24) is 10.2 Å². The lowest BCUT2D eigenvalue weighted by molar-refractivity contribution is -0.133. The molecular weight excluding hydrogens is 264 g/mol. The Balaban J connectivity index is 1.91. The third-order valence-electron chi connectivity index (χ3n) is 4.22. The second-order valence-corrected chi connectivity index (χ2v) is 5.86. The minimum absolute atomic E-state index is 0.0502. The average molecular weight is 288 g/mol. The number of carbonyl (C=O) groups excluding carboxylic acids is 2. The zero-order chi connectivity index (χ0) is 15.4. The first-order valence-corrected chi connectivity index (χ1v) is 7.59. The Morgan fingerprint density at radius 2 is 2.00 bits per heavy atom. The zero-order valence-corrected chi connectivity index (χ0v) is 13.1. The highest BCUT2D eigenvalue weighted by Crippen LogP contribution is 2.14. The Kier molecular flexibility index (Phi) is 5.12. The van der Waals surface area contributed by atoms with Crippen LogP contribution in [0.15, 0.2) is 18.2 Å². The molecule has 1 aromatic carbocycles. The molecule has 0 unspecified atom stereocenters. The topological polar surface area (TPSA) is 49.4 Å². The number of nitrogens with zero attached hydrogens (tertiary/aromatic N) is 1. The summed E-state index contributed by atoms with van der Waals surface area (Å²) < 4.78 is 0. The van der Waals surface area contributed by atoms with Gasteiger partial charge in [0.1, 0.15) is 0 Å². The van der Waals surface area contributed by atoms with Gasteiger partial charge in [-0.3, -0.25) is 9.59 Å². The highest BCUT2D eigenvalue weighted by Gasteiger charge is 2.23. The van der Waals surface area contributed by atoms with Gasteiger partial charge < -0.3 is 10.2 Å². The van der Waals surface area contributed by atoms with E-state index < -0.39 is 0 Å². The number of hydrogen-bond acceptors (Lipinski definition) is 3. The van der Waals surface area contributed by atoms with Crippen molar-refractivity contribution < 1.29 is 9.59 Å². The third-order valence-corrected chi connectivity index (χ3v) is 4.22. The standard InChI is InChI=1S/C17H24N2O2/c1-12-4-5-15(10-13(12)2)16(20)6-7-17(21)19-9-8-18-11-14(19)3/h4-5,10,14,18H,6-9,11H2,1-3H3/t14-/m0/s1. The van der Waals surface area contributed by atoms with Gasteiger partial charge in [-0.2, -0.15) is 0 Å². The number of Topliss-reactive ketones (excluding diaryl/α,β-unsaturated/α-hetero) is 1. The first kappa shape index (κ1) is 15.7. The lowest BCUT2D eigenvalue weighted by atomic mass is 10.0. The summed E-state index contributed by atoms with van der Waals surface area (Å²) in [6.45, 7) is 8.46. The fourth-order valence-corrected chi connectivity index (χ4v) is 2.63. The Labute approximate surface area is 126 Å². The fraction of sp³-hybridized carbons (Fsp3) is 0.529. The normalized spacial score (nSPS) is 18.6. The molecule has 0 spiro atoms. The predicted molar refractivity (Wildman–Crippen MR) is 83.5 cm³/mol. The molecule has 0 saturated carbocycles. The van der Waals surface area contributed by atoms with Crippen LogP contribution < -0.4 is 5.32 Å². The second kappa shape index (κ2) is 6.85. The van der Waals surface area contributed by atoms with Crippen LogP contribution in [0.4, 0.5) is 0 Å². The van der Waals surface area contributed by atoms with E-state index >= 15 is 0 Å². The van der Waals surface area contributed by atoms with Crippen molar-refractivity contribution >= 4 is 11.7 Å². The summed E-state index contributed by atoms with van der Waals surface area (Å²) in [4.78, 5) is 26.3.